The van der Waals surface area contributed by atoms with E-state index in [2.05, 4.69) is 65.5 Å². The molecule has 49 valence electrons. The lowest BCUT2D eigenvalue weighted by atomic mass is 10.2. The Kier molecular flexibility index (Phi) is 6.22. The topological polar surface area (TPSA) is 0 Å². The smallest absolute Gasteiger partial charge is 0.0113 e. The van der Waals surface area contributed by atoms with E-state index >= 15 is 0 Å². The number of alkyl halides is 2. The van der Waals surface area contributed by atoms with Crippen molar-refractivity contribution in [2.45, 2.75) is 28.1 Å². The van der Waals surface area contributed by atoms with E-state index in [1.807, 2.05) is 0 Å². The van der Waals surface area contributed by atoms with Gasteiger partial charge < -0.3 is 0 Å². The van der Waals surface area contributed by atoms with Crippen LogP contribution >= 0.6 is 45.2 Å². The third-order valence-electron chi connectivity index (χ3n) is 0.786. The largest absolute Gasteiger partial charge is 0.0829 e. The van der Waals surface area contributed by atoms with Crippen molar-refractivity contribution in [2.75, 3.05) is 0 Å². The second kappa shape index (κ2) is 5.26. The summed E-state index contributed by atoms with van der Waals surface area (Å²) in [6.07, 6.45) is 3.59. The van der Waals surface area contributed by atoms with Crippen LogP contribution in [0.3, 0.4) is 0 Å². The summed E-state index contributed by atoms with van der Waals surface area (Å²) < 4.78 is 1.52. The van der Waals surface area contributed by atoms with Gasteiger partial charge in [-0.2, -0.15) is 0 Å². The highest BCUT2D eigenvalue weighted by Crippen LogP contribution is 2.12. The van der Waals surface area contributed by atoms with Crippen molar-refractivity contribution in [3.63, 3.8) is 0 Å². The predicted octanol–water partition coefficient (Wildman–Crippen LogP) is 3.23. The minimum Gasteiger partial charge on any atom is -0.0829 e. The first-order valence-electron chi connectivity index (χ1n) is 2.74. The zero-order valence-corrected chi connectivity index (χ0v) is 9.51. The van der Waals surface area contributed by atoms with Gasteiger partial charge in [-0.1, -0.05) is 59.0 Å². The van der Waals surface area contributed by atoms with Crippen LogP contribution in [0.15, 0.2) is 0 Å². The Bertz CT molecular complexity index is 42.5. The lowest BCUT2D eigenvalue weighted by Crippen LogP contribution is -1.96. The molecule has 0 aromatic rings. The van der Waals surface area contributed by atoms with Crippen LogP contribution in [-0.2, 0) is 0 Å². The minimum atomic E-state index is 0.727. The third-order valence-corrected chi connectivity index (χ3v) is 1.80. The first-order chi connectivity index (χ1) is 3.63. The van der Waals surface area contributed by atoms with Crippen LogP contribution in [0.1, 0.15) is 20.3 Å². The Hall–Kier alpha value is 1.46. The molecule has 0 aromatic carbocycles. The normalized spacial score (nSPS) is 18.0. The summed E-state index contributed by atoms with van der Waals surface area (Å²) in [7, 11) is 0. The lowest BCUT2D eigenvalue weighted by Gasteiger charge is -2.02. The molecule has 0 rings (SSSR count). The quantitative estimate of drug-likeness (QED) is 0.548. The number of hydrogen-bond donors (Lipinski definition) is 0. The summed E-state index contributed by atoms with van der Waals surface area (Å²) in [5.41, 5.74) is 0. The monoisotopic (exact) mass is 337 g/mol. The van der Waals surface area contributed by atoms with E-state index in [4.69, 9.17) is 0 Å². The van der Waals surface area contributed by atoms with Crippen LogP contribution in [0.5, 0.6) is 0 Å². The van der Waals surface area contributed by atoms with Crippen LogP contribution in [0.25, 0.3) is 0 Å². The molecule has 0 fully saturated rings. The molecule has 2 atom stereocenters. The second-order valence-corrected chi connectivity index (χ2v) is 6.02. The second-order valence-electron chi connectivity index (χ2n) is 1.93. The SMILES string of the molecule is CC(I)[CH]CC(C)I. The molecule has 0 amide bonds. The van der Waals surface area contributed by atoms with Crippen LogP contribution in [0.2, 0.25) is 0 Å². The van der Waals surface area contributed by atoms with E-state index in [9.17, 15) is 0 Å². The van der Waals surface area contributed by atoms with Gasteiger partial charge in [0.15, 0.2) is 0 Å². The Morgan fingerprint density at radius 3 is 2.00 bits per heavy atom. The molecule has 0 aliphatic rings. The molecule has 0 bridgehead atoms. The lowest BCUT2D eigenvalue weighted by molar-refractivity contribution is 0.912. The van der Waals surface area contributed by atoms with Crippen molar-refractivity contribution in [1.29, 1.82) is 0 Å². The molecule has 0 aromatic heterocycles. The molecule has 0 heterocycles. The van der Waals surface area contributed by atoms with Gasteiger partial charge in [0.1, 0.15) is 0 Å². The van der Waals surface area contributed by atoms with Crippen molar-refractivity contribution in [2.24, 2.45) is 0 Å². The van der Waals surface area contributed by atoms with Gasteiger partial charge in [0.25, 0.3) is 0 Å². The van der Waals surface area contributed by atoms with Crippen LogP contribution in [-0.4, -0.2) is 7.85 Å². The molecule has 1 radical (unpaired) electrons. The number of halogens is 2. The Morgan fingerprint density at radius 1 is 1.38 bits per heavy atom. The molecule has 0 saturated carbocycles. The van der Waals surface area contributed by atoms with Gasteiger partial charge in [0.2, 0.25) is 0 Å². The number of rotatable bonds is 3. The molecule has 0 saturated heterocycles. The average molecular weight is 337 g/mol. The molecule has 0 nitrogen and oxygen atoms in total. The molecule has 0 aliphatic carbocycles. The maximum Gasteiger partial charge on any atom is 0.0113 e. The molecule has 0 aliphatic heterocycles. The maximum atomic E-state index is 2.44. The van der Waals surface area contributed by atoms with E-state index in [1.54, 1.807) is 0 Å². The van der Waals surface area contributed by atoms with Crippen molar-refractivity contribution in [1.82, 2.24) is 0 Å². The third kappa shape index (κ3) is 7.46. The van der Waals surface area contributed by atoms with Gasteiger partial charge in [-0.25, -0.2) is 0 Å². The Labute approximate surface area is 79.1 Å². The standard InChI is InChI=1S/C6H11I2/c1-5(7)3-4-6(2)8/h3,5-6H,4H2,1-2H3. The molecular weight excluding hydrogens is 326 g/mol. The number of hydrogen-bond acceptors (Lipinski definition) is 0. The predicted molar refractivity (Wildman–Crippen MR) is 55.9 cm³/mol. The minimum absolute atomic E-state index is 0.727. The van der Waals surface area contributed by atoms with Gasteiger partial charge in [0.05, 0.1) is 0 Å². The zero-order valence-electron chi connectivity index (χ0n) is 5.20. The first kappa shape index (κ1) is 9.46. The molecule has 8 heavy (non-hydrogen) atoms. The van der Waals surface area contributed by atoms with E-state index < -0.39 is 0 Å². The molecule has 2 heteroatoms. The summed E-state index contributed by atoms with van der Waals surface area (Å²) in [4.78, 5) is 0. The Balaban J connectivity index is 2.93. The van der Waals surface area contributed by atoms with Gasteiger partial charge in [-0.3, -0.25) is 0 Å². The summed E-state index contributed by atoms with van der Waals surface area (Å²) in [5, 5.41) is 0. The molecular formula is C6H11I2. The van der Waals surface area contributed by atoms with Crippen molar-refractivity contribution in [3.05, 3.63) is 6.42 Å². The van der Waals surface area contributed by atoms with Crippen molar-refractivity contribution >= 4 is 45.2 Å². The maximum absolute atomic E-state index is 2.44. The molecule has 0 spiro atoms. The van der Waals surface area contributed by atoms with Crippen molar-refractivity contribution < 1.29 is 0 Å². The van der Waals surface area contributed by atoms with E-state index in [-0.39, 0.29) is 0 Å². The summed E-state index contributed by atoms with van der Waals surface area (Å²) in [6.45, 7) is 4.44. The highest BCUT2D eigenvalue weighted by Gasteiger charge is 1.98. The fraction of sp³-hybridized carbons (Fsp3) is 0.833. The Morgan fingerprint density at radius 2 is 1.88 bits per heavy atom. The highest BCUT2D eigenvalue weighted by molar-refractivity contribution is 14.1. The van der Waals surface area contributed by atoms with E-state index in [1.165, 1.54) is 6.42 Å². The molecule has 2 unspecified atom stereocenters. The summed E-state index contributed by atoms with van der Waals surface area (Å²) >= 11 is 4.86. The summed E-state index contributed by atoms with van der Waals surface area (Å²) in [5.74, 6) is 0. The van der Waals surface area contributed by atoms with Crippen LogP contribution in [0.4, 0.5) is 0 Å². The first-order valence-corrected chi connectivity index (χ1v) is 5.23. The van der Waals surface area contributed by atoms with Crippen LogP contribution in [0, 0.1) is 6.42 Å². The van der Waals surface area contributed by atoms with Crippen molar-refractivity contribution in [3.8, 4) is 0 Å². The van der Waals surface area contributed by atoms with Gasteiger partial charge in [-0.15, -0.1) is 0 Å². The van der Waals surface area contributed by atoms with E-state index in [0.29, 0.717) is 0 Å². The van der Waals surface area contributed by atoms with Gasteiger partial charge in [-0.05, 0) is 12.8 Å². The van der Waals surface area contributed by atoms with Gasteiger partial charge >= 0.3 is 0 Å². The van der Waals surface area contributed by atoms with E-state index in [0.717, 1.165) is 7.85 Å². The fourth-order valence-electron chi connectivity index (χ4n) is 0.375. The molecule has 0 N–H and O–H groups in total. The average Bonchev–Trinajstić information content (AvgIpc) is 1.61. The zero-order chi connectivity index (χ0) is 6.57. The fourth-order valence-corrected chi connectivity index (χ4v) is 0.962. The van der Waals surface area contributed by atoms with Gasteiger partial charge in [0, 0.05) is 7.85 Å². The van der Waals surface area contributed by atoms with Crippen LogP contribution < -0.4 is 0 Å². The highest BCUT2D eigenvalue weighted by atomic mass is 127. The summed E-state index contributed by atoms with van der Waals surface area (Å²) in [6, 6.07) is 0.